The van der Waals surface area contributed by atoms with Crippen LogP contribution in [0, 0.1) is 0 Å². The van der Waals surface area contributed by atoms with Crippen molar-refractivity contribution in [3.05, 3.63) is 29.8 Å². The first-order valence-corrected chi connectivity index (χ1v) is 6.06. The van der Waals surface area contributed by atoms with E-state index in [0.717, 1.165) is 6.07 Å². The Morgan fingerprint density at radius 3 is 2.06 bits per heavy atom. The Morgan fingerprint density at radius 1 is 1.12 bits per heavy atom. The van der Waals surface area contributed by atoms with Gasteiger partial charge in [-0.1, -0.05) is 32.0 Å². The fraction of sp³-hybridized carbons (Fsp3) is 0.400. The molecule has 2 nitrogen and oxygen atoms in total. The van der Waals surface area contributed by atoms with Crippen LogP contribution < -0.4 is 0 Å². The van der Waals surface area contributed by atoms with Crippen LogP contribution in [-0.4, -0.2) is 13.9 Å². The summed E-state index contributed by atoms with van der Waals surface area (Å²) in [6.07, 6.45) is 0. The average Bonchev–Trinajstić information content (AvgIpc) is 2.16. The number of hydrogen-bond donors (Lipinski definition) is 0. The van der Waals surface area contributed by atoms with Crippen molar-refractivity contribution < 1.29 is 21.6 Å². The minimum atomic E-state index is -5.25. The Kier molecular flexibility index (Phi) is 3.33. The van der Waals surface area contributed by atoms with E-state index < -0.39 is 20.2 Å². The molecule has 0 aliphatic heterocycles. The quantitative estimate of drug-likeness (QED) is 0.810. The molecule has 6 heteroatoms. The van der Waals surface area contributed by atoms with Gasteiger partial charge in [-0.05, 0) is 17.5 Å². The smallest absolute Gasteiger partial charge is 0.214 e. The van der Waals surface area contributed by atoms with Crippen LogP contribution in [0.1, 0.15) is 25.3 Å². The molecule has 0 heterocycles. The Hall–Kier alpha value is -1.04. The second kappa shape index (κ2) is 4.08. The first kappa shape index (κ1) is 13.0. The van der Waals surface area contributed by atoms with Crippen molar-refractivity contribution in [2.24, 2.45) is 0 Å². The zero-order valence-corrected chi connectivity index (χ0v) is 9.56. The van der Waals surface area contributed by atoms with Crippen molar-refractivity contribution in [1.29, 1.82) is 0 Å². The van der Waals surface area contributed by atoms with E-state index in [4.69, 9.17) is 0 Å². The molecule has 0 saturated heterocycles. The van der Waals surface area contributed by atoms with Crippen LogP contribution in [-0.2, 0) is 9.84 Å². The van der Waals surface area contributed by atoms with Crippen LogP contribution in [0.3, 0.4) is 0 Å². The van der Waals surface area contributed by atoms with E-state index in [1.807, 2.05) is 0 Å². The van der Waals surface area contributed by atoms with Crippen molar-refractivity contribution in [3.8, 4) is 0 Å². The van der Waals surface area contributed by atoms with E-state index in [0.29, 0.717) is 0 Å². The van der Waals surface area contributed by atoms with Gasteiger partial charge in [0.2, 0.25) is 0 Å². The minimum absolute atomic E-state index is 0.180. The van der Waals surface area contributed by atoms with Gasteiger partial charge < -0.3 is 0 Å². The number of rotatable bonds is 2. The Morgan fingerprint density at radius 2 is 1.62 bits per heavy atom. The summed E-state index contributed by atoms with van der Waals surface area (Å²) in [5, 5.41) is 0. The normalized spacial score (nSPS) is 13.1. The standard InChI is InChI=1S/C10H11F3O2S/c1-7(2)8-5-3-4-6-9(8)16(14,15)10(11,12)13/h3-7H,1-2H3. The Labute approximate surface area is 92.0 Å². The van der Waals surface area contributed by atoms with E-state index in [1.54, 1.807) is 13.8 Å². The zero-order chi connectivity index (χ0) is 12.6. The first-order chi connectivity index (χ1) is 7.18. The second-order valence-electron chi connectivity index (χ2n) is 3.64. The van der Waals surface area contributed by atoms with Gasteiger partial charge in [0, 0.05) is 0 Å². The molecule has 0 aliphatic carbocycles. The number of alkyl halides is 3. The summed E-state index contributed by atoms with van der Waals surface area (Å²) in [5.41, 5.74) is -5.07. The van der Waals surface area contributed by atoms with Gasteiger partial charge >= 0.3 is 5.51 Å². The van der Waals surface area contributed by atoms with Gasteiger partial charge in [0.05, 0.1) is 4.90 Å². The molecule has 16 heavy (non-hydrogen) atoms. The lowest BCUT2D eigenvalue weighted by Crippen LogP contribution is -2.24. The summed E-state index contributed by atoms with van der Waals surface area (Å²) in [7, 11) is -5.25. The molecule has 0 unspecified atom stereocenters. The van der Waals surface area contributed by atoms with Gasteiger partial charge in [0.25, 0.3) is 9.84 Å². The molecule has 0 saturated carbocycles. The highest BCUT2D eigenvalue weighted by molar-refractivity contribution is 7.92. The van der Waals surface area contributed by atoms with Crippen molar-refractivity contribution in [2.75, 3.05) is 0 Å². The molecular formula is C10H11F3O2S. The molecule has 0 fully saturated rings. The lowest BCUT2D eigenvalue weighted by atomic mass is 10.0. The largest absolute Gasteiger partial charge is 0.501 e. The summed E-state index contributed by atoms with van der Waals surface area (Å²) >= 11 is 0. The van der Waals surface area contributed by atoms with Crippen molar-refractivity contribution >= 4 is 9.84 Å². The van der Waals surface area contributed by atoms with Crippen molar-refractivity contribution in [1.82, 2.24) is 0 Å². The van der Waals surface area contributed by atoms with Gasteiger partial charge in [0.15, 0.2) is 0 Å². The predicted molar refractivity (Wildman–Crippen MR) is 53.8 cm³/mol. The van der Waals surface area contributed by atoms with Gasteiger partial charge in [-0.2, -0.15) is 13.2 Å². The maximum atomic E-state index is 12.4. The highest BCUT2D eigenvalue weighted by Crippen LogP contribution is 2.34. The molecule has 0 bridgehead atoms. The van der Waals surface area contributed by atoms with E-state index in [1.165, 1.54) is 18.2 Å². The molecule has 0 atom stereocenters. The summed E-state index contributed by atoms with van der Waals surface area (Å²) in [5.74, 6) is -0.284. The Bertz CT molecular complexity index is 475. The third-order valence-electron chi connectivity index (χ3n) is 2.14. The van der Waals surface area contributed by atoms with Crippen LogP contribution in [0.25, 0.3) is 0 Å². The SMILES string of the molecule is CC(C)c1ccccc1S(=O)(=O)C(F)(F)F. The summed E-state index contributed by atoms with van der Waals surface area (Å²) in [6.45, 7) is 3.29. The summed E-state index contributed by atoms with van der Waals surface area (Å²) in [4.78, 5) is -0.655. The third-order valence-corrected chi connectivity index (χ3v) is 3.70. The molecule has 90 valence electrons. The van der Waals surface area contributed by atoms with Gasteiger partial charge in [-0.15, -0.1) is 0 Å². The van der Waals surface area contributed by atoms with Gasteiger partial charge in [-0.3, -0.25) is 0 Å². The molecule has 0 N–H and O–H groups in total. The van der Waals surface area contributed by atoms with Gasteiger partial charge in [-0.25, -0.2) is 8.42 Å². The van der Waals surface area contributed by atoms with Crippen molar-refractivity contribution in [3.63, 3.8) is 0 Å². The lowest BCUT2D eigenvalue weighted by Gasteiger charge is -2.14. The number of sulfone groups is 1. The van der Waals surface area contributed by atoms with Crippen LogP contribution in [0.5, 0.6) is 0 Å². The fourth-order valence-electron chi connectivity index (χ4n) is 1.33. The molecule has 0 aliphatic rings. The number of hydrogen-bond acceptors (Lipinski definition) is 2. The summed E-state index contributed by atoms with van der Waals surface area (Å²) < 4.78 is 59.6. The second-order valence-corrected chi connectivity index (χ2v) is 5.55. The van der Waals surface area contributed by atoms with Crippen LogP contribution in [0.2, 0.25) is 0 Å². The highest BCUT2D eigenvalue weighted by Gasteiger charge is 2.47. The topological polar surface area (TPSA) is 34.1 Å². The molecule has 0 spiro atoms. The van der Waals surface area contributed by atoms with E-state index in [2.05, 4.69) is 0 Å². The maximum Gasteiger partial charge on any atom is 0.501 e. The monoisotopic (exact) mass is 252 g/mol. The van der Waals surface area contributed by atoms with Gasteiger partial charge in [0.1, 0.15) is 0 Å². The Balaban J connectivity index is 3.46. The molecule has 1 aromatic carbocycles. The van der Waals surface area contributed by atoms with Crippen LogP contribution in [0.15, 0.2) is 29.2 Å². The van der Waals surface area contributed by atoms with Crippen LogP contribution >= 0.6 is 0 Å². The maximum absolute atomic E-state index is 12.4. The van der Waals surface area contributed by atoms with E-state index >= 15 is 0 Å². The molecule has 0 aromatic heterocycles. The first-order valence-electron chi connectivity index (χ1n) is 4.58. The third kappa shape index (κ3) is 2.21. The molecular weight excluding hydrogens is 241 g/mol. The molecule has 1 rings (SSSR count). The predicted octanol–water partition coefficient (Wildman–Crippen LogP) is 3.10. The molecule has 0 amide bonds. The minimum Gasteiger partial charge on any atom is -0.214 e. The molecule has 1 aromatic rings. The number of halogens is 3. The molecule has 0 radical (unpaired) electrons. The summed E-state index contributed by atoms with van der Waals surface area (Å²) in [6, 6.07) is 5.18. The van der Waals surface area contributed by atoms with Crippen LogP contribution in [0.4, 0.5) is 13.2 Å². The highest BCUT2D eigenvalue weighted by atomic mass is 32.2. The average molecular weight is 252 g/mol. The lowest BCUT2D eigenvalue weighted by molar-refractivity contribution is -0.0436. The van der Waals surface area contributed by atoms with Crippen molar-refractivity contribution in [2.45, 2.75) is 30.2 Å². The fourth-order valence-corrected chi connectivity index (χ4v) is 2.45. The number of benzene rings is 1. The van der Waals surface area contributed by atoms with E-state index in [-0.39, 0.29) is 11.5 Å². The zero-order valence-electron chi connectivity index (χ0n) is 8.75. The van der Waals surface area contributed by atoms with E-state index in [9.17, 15) is 21.6 Å².